The van der Waals surface area contributed by atoms with E-state index >= 15 is 0 Å². The molecule has 1 atom stereocenters. The molecular formula is C26H25Cl2N5O5. The molecule has 0 spiro atoms. The molecule has 2 N–H and O–H groups in total. The van der Waals surface area contributed by atoms with E-state index in [9.17, 15) is 14.4 Å². The Morgan fingerprint density at radius 1 is 1.05 bits per heavy atom. The Morgan fingerprint density at radius 3 is 2.39 bits per heavy atom. The van der Waals surface area contributed by atoms with Gasteiger partial charge < -0.3 is 25.0 Å². The number of benzene rings is 2. The number of methoxy groups -OCH3 is 1. The highest BCUT2D eigenvalue weighted by Crippen LogP contribution is 2.34. The van der Waals surface area contributed by atoms with Crippen LogP contribution in [0.5, 0.6) is 17.2 Å². The van der Waals surface area contributed by atoms with Gasteiger partial charge in [0, 0.05) is 43.5 Å². The van der Waals surface area contributed by atoms with Crippen LogP contribution in [0.25, 0.3) is 0 Å². The molecule has 0 radical (unpaired) electrons. The molecule has 2 heterocycles. The van der Waals surface area contributed by atoms with Crippen LogP contribution in [-0.2, 0) is 16.1 Å². The fourth-order valence-electron chi connectivity index (χ4n) is 4.03. The third kappa shape index (κ3) is 6.15. The second-order valence-corrected chi connectivity index (χ2v) is 9.50. The van der Waals surface area contributed by atoms with Crippen molar-refractivity contribution in [1.82, 2.24) is 25.5 Å². The number of amides is 3. The van der Waals surface area contributed by atoms with Crippen LogP contribution in [0.3, 0.4) is 0 Å². The van der Waals surface area contributed by atoms with Crippen LogP contribution in [0.2, 0.25) is 10.0 Å². The maximum Gasteiger partial charge on any atom is 0.255 e. The van der Waals surface area contributed by atoms with Gasteiger partial charge in [0.15, 0.2) is 0 Å². The fraction of sp³-hybridized carbons (Fsp3) is 0.269. The summed E-state index contributed by atoms with van der Waals surface area (Å²) in [4.78, 5) is 47.4. The Kier molecular flexibility index (Phi) is 8.33. The highest BCUT2D eigenvalue weighted by molar-refractivity contribution is 6.32. The van der Waals surface area contributed by atoms with E-state index in [1.165, 1.54) is 30.5 Å². The van der Waals surface area contributed by atoms with Crippen molar-refractivity contribution < 1.29 is 23.9 Å². The first-order valence-corrected chi connectivity index (χ1v) is 12.4. The van der Waals surface area contributed by atoms with E-state index in [0.717, 1.165) is 0 Å². The van der Waals surface area contributed by atoms with Gasteiger partial charge in [-0.05, 0) is 36.2 Å². The Hall–Kier alpha value is -3.89. The molecule has 198 valence electrons. The number of carbonyl (C=O) groups excluding carboxylic acids is 3. The first kappa shape index (κ1) is 27.2. The van der Waals surface area contributed by atoms with Crippen LogP contribution in [0.4, 0.5) is 0 Å². The van der Waals surface area contributed by atoms with Crippen molar-refractivity contribution in [2.75, 3.05) is 20.2 Å². The quantitative estimate of drug-likeness (QED) is 0.433. The van der Waals surface area contributed by atoms with E-state index in [2.05, 4.69) is 20.6 Å². The largest absolute Gasteiger partial charge is 0.497 e. The Morgan fingerprint density at radius 2 is 1.76 bits per heavy atom. The van der Waals surface area contributed by atoms with E-state index in [4.69, 9.17) is 32.7 Å². The summed E-state index contributed by atoms with van der Waals surface area (Å²) in [5.41, 5.74) is -0.483. The first-order chi connectivity index (χ1) is 18.2. The van der Waals surface area contributed by atoms with E-state index in [1.807, 2.05) is 0 Å². The summed E-state index contributed by atoms with van der Waals surface area (Å²) in [6.07, 6.45) is 4.27. The van der Waals surface area contributed by atoms with Crippen LogP contribution >= 0.6 is 23.2 Å². The van der Waals surface area contributed by atoms with E-state index in [0.29, 0.717) is 39.4 Å². The van der Waals surface area contributed by atoms with Gasteiger partial charge in [0.25, 0.3) is 5.91 Å². The van der Waals surface area contributed by atoms with Crippen LogP contribution in [0, 0.1) is 0 Å². The number of nitrogens with one attached hydrogen (secondary N) is 2. The lowest BCUT2D eigenvalue weighted by molar-refractivity contribution is -0.129. The van der Waals surface area contributed by atoms with Crippen molar-refractivity contribution in [2.45, 2.75) is 25.4 Å². The predicted molar refractivity (Wildman–Crippen MR) is 140 cm³/mol. The monoisotopic (exact) mass is 557 g/mol. The van der Waals surface area contributed by atoms with Gasteiger partial charge >= 0.3 is 0 Å². The summed E-state index contributed by atoms with van der Waals surface area (Å²) >= 11 is 12.7. The molecule has 0 aliphatic carbocycles. The molecule has 3 aromatic rings. The molecule has 1 saturated heterocycles. The molecule has 3 amide bonds. The zero-order valence-electron chi connectivity index (χ0n) is 20.7. The Balaban J connectivity index is 1.45. The summed E-state index contributed by atoms with van der Waals surface area (Å²) < 4.78 is 11.0. The molecule has 1 fully saturated rings. The maximum atomic E-state index is 13.4. The SMILES string of the molecule is COc1ccc(Oc2ccc(CNC(=O)C3(NC(=O)c4cncnc4)CCN(C(C)=O)C3)c(Cl)c2)c(Cl)c1. The lowest BCUT2D eigenvalue weighted by atomic mass is 9.96. The highest BCUT2D eigenvalue weighted by atomic mass is 35.5. The van der Waals surface area contributed by atoms with E-state index in [-0.39, 0.29) is 31.0 Å². The number of aromatic nitrogens is 2. The summed E-state index contributed by atoms with van der Waals surface area (Å²) in [5, 5.41) is 6.38. The van der Waals surface area contributed by atoms with Crippen LogP contribution in [0.15, 0.2) is 55.1 Å². The zero-order chi connectivity index (χ0) is 27.3. The fourth-order valence-corrected chi connectivity index (χ4v) is 4.47. The molecule has 1 aliphatic rings. The molecule has 10 nitrogen and oxygen atoms in total. The minimum Gasteiger partial charge on any atom is -0.497 e. The normalized spacial score (nSPS) is 16.6. The van der Waals surface area contributed by atoms with Crippen molar-refractivity contribution in [2.24, 2.45) is 0 Å². The average Bonchev–Trinajstić information content (AvgIpc) is 3.35. The molecule has 2 aromatic carbocycles. The lowest BCUT2D eigenvalue weighted by Gasteiger charge is -2.29. The standard InChI is InChI=1S/C26H25Cl2N5O5/c1-16(34)33-8-7-26(14-33,32-24(35)18-11-29-15-30-12-18)25(36)31-13-17-3-4-20(10-21(17)27)38-23-6-5-19(37-2)9-22(23)28/h3-6,9-12,15H,7-8,13-14H2,1-2H3,(H,31,36)(H,32,35). The van der Waals surface area contributed by atoms with Gasteiger partial charge in [-0.15, -0.1) is 0 Å². The van der Waals surface area contributed by atoms with Crippen LogP contribution in [-0.4, -0.2) is 58.3 Å². The second kappa shape index (κ2) is 11.7. The van der Waals surface area contributed by atoms with E-state index < -0.39 is 17.4 Å². The van der Waals surface area contributed by atoms with Crippen LogP contribution < -0.4 is 20.1 Å². The number of halogens is 2. The Labute approximate surface area is 229 Å². The predicted octanol–water partition coefficient (Wildman–Crippen LogP) is 3.62. The van der Waals surface area contributed by atoms with Gasteiger partial charge in [-0.1, -0.05) is 29.3 Å². The van der Waals surface area contributed by atoms with Gasteiger partial charge in [-0.2, -0.15) is 0 Å². The minimum absolute atomic E-state index is 0.0384. The number of nitrogens with zero attached hydrogens (tertiary/aromatic N) is 3. The van der Waals surface area contributed by atoms with Crippen molar-refractivity contribution in [3.8, 4) is 17.2 Å². The zero-order valence-corrected chi connectivity index (χ0v) is 22.2. The second-order valence-electron chi connectivity index (χ2n) is 8.69. The van der Waals surface area contributed by atoms with Gasteiger partial charge in [-0.3, -0.25) is 14.4 Å². The molecule has 1 aliphatic heterocycles. The summed E-state index contributed by atoms with van der Waals surface area (Å²) in [5.74, 6) is 0.357. The lowest BCUT2D eigenvalue weighted by Crippen LogP contribution is -2.60. The molecule has 1 aromatic heterocycles. The number of rotatable bonds is 8. The number of hydrogen-bond donors (Lipinski definition) is 2. The number of likely N-dealkylation sites (tertiary alicyclic amines) is 1. The smallest absolute Gasteiger partial charge is 0.255 e. The molecule has 0 saturated carbocycles. The summed E-state index contributed by atoms with van der Waals surface area (Å²) in [6, 6.07) is 10.1. The van der Waals surface area contributed by atoms with Crippen molar-refractivity contribution in [3.63, 3.8) is 0 Å². The maximum absolute atomic E-state index is 13.4. The van der Waals surface area contributed by atoms with Gasteiger partial charge in [0.05, 0.1) is 24.2 Å². The number of hydrogen-bond acceptors (Lipinski definition) is 7. The van der Waals surface area contributed by atoms with Crippen molar-refractivity contribution in [3.05, 3.63) is 76.3 Å². The molecular weight excluding hydrogens is 533 g/mol. The molecule has 1 unspecified atom stereocenters. The third-order valence-corrected chi connectivity index (χ3v) is 6.80. The van der Waals surface area contributed by atoms with E-state index in [1.54, 1.807) is 43.5 Å². The van der Waals surface area contributed by atoms with Crippen LogP contribution in [0.1, 0.15) is 29.3 Å². The summed E-state index contributed by atoms with van der Waals surface area (Å²) in [6.45, 7) is 1.88. The Bertz CT molecular complexity index is 1360. The van der Waals surface area contributed by atoms with Gasteiger partial charge in [-0.25, -0.2) is 9.97 Å². The molecule has 38 heavy (non-hydrogen) atoms. The number of ether oxygens (including phenoxy) is 2. The average molecular weight is 558 g/mol. The number of carbonyl (C=O) groups is 3. The third-order valence-electron chi connectivity index (χ3n) is 6.16. The topological polar surface area (TPSA) is 123 Å². The molecule has 12 heteroatoms. The van der Waals surface area contributed by atoms with Gasteiger partial charge in [0.2, 0.25) is 11.8 Å². The van der Waals surface area contributed by atoms with Crippen molar-refractivity contribution >= 4 is 40.9 Å². The highest BCUT2D eigenvalue weighted by Gasteiger charge is 2.46. The summed E-state index contributed by atoms with van der Waals surface area (Å²) in [7, 11) is 1.55. The first-order valence-electron chi connectivity index (χ1n) is 11.6. The molecule has 0 bridgehead atoms. The van der Waals surface area contributed by atoms with Crippen molar-refractivity contribution in [1.29, 1.82) is 0 Å². The molecule has 4 rings (SSSR count). The minimum atomic E-state index is -1.32. The van der Waals surface area contributed by atoms with Gasteiger partial charge in [0.1, 0.15) is 29.1 Å².